The molecule has 172 valence electrons. The van der Waals surface area contributed by atoms with E-state index in [1.54, 1.807) is 0 Å². The lowest BCUT2D eigenvalue weighted by molar-refractivity contribution is 0.276. The van der Waals surface area contributed by atoms with Gasteiger partial charge in [-0.15, -0.1) is 4.98 Å². The third-order valence-electron chi connectivity index (χ3n) is 5.94. The van der Waals surface area contributed by atoms with Gasteiger partial charge in [-0.1, -0.05) is 74.5 Å². The van der Waals surface area contributed by atoms with Crippen LogP contribution in [-0.2, 0) is 0 Å². The molecule has 2 fully saturated rings. The van der Waals surface area contributed by atoms with Gasteiger partial charge in [0, 0.05) is 0 Å². The highest BCUT2D eigenvalue weighted by atomic mass is 35.5. The molecule has 1 aromatic heterocycles. The average Bonchev–Trinajstić information content (AvgIpc) is 2.78. The second-order valence-electron chi connectivity index (χ2n) is 8.62. The topological polar surface area (TPSA) is 81.9 Å². The van der Waals surface area contributed by atoms with Gasteiger partial charge in [0.15, 0.2) is 0 Å². The fourth-order valence-electron chi connectivity index (χ4n) is 4.12. The highest BCUT2D eigenvalue weighted by molar-refractivity contribution is 6.28. The van der Waals surface area contributed by atoms with E-state index in [4.69, 9.17) is 21.3 Å². The zero-order valence-corrected chi connectivity index (χ0v) is 19.4. The maximum absolute atomic E-state index is 6.05. The molecular weight excluding hydrogens is 414 g/mol. The van der Waals surface area contributed by atoms with E-state index in [0.29, 0.717) is 0 Å². The van der Waals surface area contributed by atoms with E-state index in [-0.39, 0.29) is 17.3 Å². The number of rotatable bonds is 4. The van der Waals surface area contributed by atoms with Gasteiger partial charge >= 0.3 is 12.0 Å². The lowest BCUT2D eigenvalue weighted by atomic mass is 10.00. The van der Waals surface area contributed by atoms with E-state index in [2.05, 4.69) is 25.3 Å². The molecule has 0 bridgehead atoms. The number of hydrogen-bond donors (Lipinski definition) is 0. The van der Waals surface area contributed by atoms with Crippen molar-refractivity contribution in [1.82, 2.24) is 15.0 Å². The van der Waals surface area contributed by atoms with Crippen molar-refractivity contribution in [3.63, 3.8) is 0 Å². The Bertz CT molecular complexity index is 646. The van der Waals surface area contributed by atoms with Crippen LogP contribution in [-0.4, -0.2) is 26.4 Å². The molecule has 2 aliphatic carbocycles. The Balaban J connectivity index is 1.59. The molecule has 0 aliphatic heterocycles. The van der Waals surface area contributed by atoms with Gasteiger partial charge in [0.05, 0.1) is 11.4 Å². The molecule has 2 aliphatic rings. The molecule has 8 heteroatoms. The molecule has 0 amide bonds. The number of nitrogens with zero attached hydrogens (tertiary/aromatic N) is 5. The summed E-state index contributed by atoms with van der Waals surface area (Å²) in [7, 11) is 0. The highest BCUT2D eigenvalue weighted by Crippen LogP contribution is 2.19. The summed E-state index contributed by atoms with van der Waals surface area (Å²) in [5, 5.41) is 8.64. The second-order valence-corrected chi connectivity index (χ2v) is 8.96. The van der Waals surface area contributed by atoms with Crippen LogP contribution in [0.1, 0.15) is 116 Å². The van der Waals surface area contributed by atoms with Crippen molar-refractivity contribution in [2.45, 2.75) is 116 Å². The molecule has 7 nitrogen and oxygen atoms in total. The number of aromatic nitrogens is 3. The van der Waals surface area contributed by atoms with Gasteiger partial charge in [0.2, 0.25) is 5.28 Å². The first-order chi connectivity index (χ1) is 15.3. The smallest absolute Gasteiger partial charge is 0.315 e. The maximum Gasteiger partial charge on any atom is 0.353 e. The minimum absolute atomic E-state index is 0.0114. The molecule has 0 spiro atoms. The van der Waals surface area contributed by atoms with E-state index in [0.717, 1.165) is 62.8 Å². The van der Waals surface area contributed by atoms with E-state index < -0.39 is 0 Å². The first-order valence-corrected chi connectivity index (χ1v) is 12.5. The largest absolute Gasteiger partial charge is 0.353 e. The summed E-state index contributed by atoms with van der Waals surface area (Å²) in [6.45, 7) is 0. The molecule has 0 atom stereocenters. The zero-order valence-electron chi connectivity index (χ0n) is 18.7. The summed E-state index contributed by atoms with van der Waals surface area (Å²) >= 11 is 6.05. The Hall–Kier alpha value is -1.76. The standard InChI is InChI=1S/C23H36ClN5O2/c24-21-25-22(30-28-19-15-11-7-3-1-4-8-12-16-19)27-23(26-21)31-29-20-17-13-9-5-2-6-10-14-18-20/h1-18H2. The first kappa shape index (κ1) is 23.9. The van der Waals surface area contributed by atoms with Crippen LogP contribution in [0.25, 0.3) is 0 Å². The van der Waals surface area contributed by atoms with Crippen molar-refractivity contribution < 1.29 is 9.68 Å². The third kappa shape index (κ3) is 9.93. The van der Waals surface area contributed by atoms with Gasteiger partial charge < -0.3 is 9.68 Å². The Morgan fingerprint density at radius 2 is 0.806 bits per heavy atom. The van der Waals surface area contributed by atoms with Crippen molar-refractivity contribution in [3.05, 3.63) is 5.28 Å². The average molecular weight is 450 g/mol. The van der Waals surface area contributed by atoms with Crippen molar-refractivity contribution in [1.29, 1.82) is 0 Å². The van der Waals surface area contributed by atoms with Crippen LogP contribution in [0.2, 0.25) is 5.28 Å². The first-order valence-electron chi connectivity index (χ1n) is 12.2. The van der Waals surface area contributed by atoms with Crippen molar-refractivity contribution in [2.75, 3.05) is 0 Å². The van der Waals surface area contributed by atoms with Crippen LogP contribution in [0.3, 0.4) is 0 Å². The number of halogens is 1. The van der Waals surface area contributed by atoms with Gasteiger partial charge in [0.1, 0.15) is 0 Å². The summed E-state index contributed by atoms with van der Waals surface area (Å²) in [5.41, 5.74) is 2.12. The van der Waals surface area contributed by atoms with Gasteiger partial charge in [-0.2, -0.15) is 9.97 Å². The molecule has 0 radical (unpaired) electrons. The summed E-state index contributed by atoms with van der Waals surface area (Å²) in [6, 6.07) is 0.0940. The Morgan fingerprint density at radius 1 is 0.484 bits per heavy atom. The van der Waals surface area contributed by atoms with E-state index in [1.165, 1.54) is 64.2 Å². The van der Waals surface area contributed by atoms with Crippen molar-refractivity contribution in [2.24, 2.45) is 10.3 Å². The molecule has 0 N–H and O–H groups in total. The van der Waals surface area contributed by atoms with Crippen molar-refractivity contribution in [3.8, 4) is 12.0 Å². The van der Waals surface area contributed by atoms with E-state index >= 15 is 0 Å². The third-order valence-corrected chi connectivity index (χ3v) is 6.11. The second kappa shape index (κ2) is 14.3. The van der Waals surface area contributed by atoms with Gasteiger partial charge in [-0.3, -0.25) is 0 Å². The molecular formula is C23H36ClN5O2. The lowest BCUT2D eigenvalue weighted by Gasteiger charge is -2.10. The Morgan fingerprint density at radius 3 is 1.16 bits per heavy atom. The Kier molecular flexibility index (Phi) is 11.0. The molecule has 0 unspecified atom stereocenters. The van der Waals surface area contributed by atoms with Crippen LogP contribution in [0.5, 0.6) is 12.0 Å². The van der Waals surface area contributed by atoms with Crippen LogP contribution in [0.4, 0.5) is 0 Å². The minimum atomic E-state index is 0.0114. The fourth-order valence-corrected chi connectivity index (χ4v) is 4.27. The fraction of sp³-hybridized carbons (Fsp3) is 0.783. The van der Waals surface area contributed by atoms with Crippen molar-refractivity contribution >= 4 is 23.0 Å². The van der Waals surface area contributed by atoms with E-state index in [9.17, 15) is 0 Å². The summed E-state index contributed by atoms with van der Waals surface area (Å²) in [6.07, 6.45) is 21.3. The van der Waals surface area contributed by atoms with Gasteiger partial charge in [0.25, 0.3) is 0 Å². The van der Waals surface area contributed by atoms with Gasteiger partial charge in [-0.05, 0) is 63.0 Å². The summed E-state index contributed by atoms with van der Waals surface area (Å²) in [5.74, 6) is 0. The van der Waals surface area contributed by atoms with E-state index in [1.807, 2.05) is 0 Å². The molecule has 0 aromatic carbocycles. The van der Waals surface area contributed by atoms with Gasteiger partial charge in [-0.25, -0.2) is 0 Å². The Labute approximate surface area is 191 Å². The SMILES string of the molecule is Clc1nc(ON=C2CCCCCCCCC2)nc(ON=C2CCCCCCCCC2)n1. The molecule has 0 saturated heterocycles. The monoisotopic (exact) mass is 449 g/mol. The number of oxime groups is 2. The highest BCUT2D eigenvalue weighted by Gasteiger charge is 2.11. The molecule has 31 heavy (non-hydrogen) atoms. The van der Waals surface area contributed by atoms with Crippen LogP contribution in [0.15, 0.2) is 10.3 Å². The van der Waals surface area contributed by atoms with Crippen LogP contribution < -0.4 is 9.68 Å². The van der Waals surface area contributed by atoms with Crippen LogP contribution in [0, 0.1) is 0 Å². The van der Waals surface area contributed by atoms with Crippen LogP contribution >= 0.6 is 11.6 Å². The molecule has 2 saturated carbocycles. The lowest BCUT2D eigenvalue weighted by Crippen LogP contribution is -2.06. The molecule has 1 aromatic rings. The predicted molar refractivity (Wildman–Crippen MR) is 124 cm³/mol. The predicted octanol–water partition coefficient (Wildman–Crippen LogP) is 7.04. The molecule has 3 rings (SSSR count). The summed E-state index contributed by atoms with van der Waals surface area (Å²) in [4.78, 5) is 23.3. The zero-order chi connectivity index (χ0) is 21.6. The number of hydrogen-bond acceptors (Lipinski definition) is 7. The quantitative estimate of drug-likeness (QED) is 0.460. The molecule has 1 heterocycles. The normalized spacial score (nSPS) is 19.9. The maximum atomic E-state index is 6.05. The summed E-state index contributed by atoms with van der Waals surface area (Å²) < 4.78 is 0. The minimum Gasteiger partial charge on any atom is -0.315 e.